The van der Waals surface area contributed by atoms with E-state index in [2.05, 4.69) is 21.6 Å². The number of nitrogens with one attached hydrogen (secondary N) is 2. The van der Waals surface area contributed by atoms with Gasteiger partial charge in [0.05, 0.1) is 11.4 Å². The molecule has 4 N–H and O–H groups in total. The van der Waals surface area contributed by atoms with Crippen molar-refractivity contribution in [2.45, 2.75) is 44.4 Å². The first-order valence-corrected chi connectivity index (χ1v) is 7.05. The fraction of sp³-hybridized carbons (Fsp3) is 0.571. The third-order valence-electron chi connectivity index (χ3n) is 3.90. The number of amides is 1. The van der Waals surface area contributed by atoms with Gasteiger partial charge >= 0.3 is 0 Å². The van der Waals surface area contributed by atoms with E-state index in [1.165, 1.54) is 24.8 Å². The zero-order valence-electron chi connectivity index (χ0n) is 11.0. The van der Waals surface area contributed by atoms with Crippen molar-refractivity contribution in [1.29, 1.82) is 0 Å². The molecular formula is C14H20N4O. The predicted octanol–water partition coefficient (Wildman–Crippen LogP) is 2.10. The second-order valence-corrected chi connectivity index (χ2v) is 5.43. The monoisotopic (exact) mass is 260 g/mol. The summed E-state index contributed by atoms with van der Waals surface area (Å²) >= 11 is 0. The van der Waals surface area contributed by atoms with Crippen LogP contribution in [0, 0.1) is 0 Å². The van der Waals surface area contributed by atoms with Gasteiger partial charge in [0.2, 0.25) is 0 Å². The summed E-state index contributed by atoms with van der Waals surface area (Å²) in [6.45, 7) is 0.662. The Balaban J connectivity index is 1.54. The highest BCUT2D eigenvalue weighted by molar-refractivity contribution is 5.97. The maximum Gasteiger partial charge on any atom is 0.273 e. The smallest absolute Gasteiger partial charge is 0.273 e. The van der Waals surface area contributed by atoms with Crippen molar-refractivity contribution in [3.63, 3.8) is 0 Å². The Morgan fingerprint density at radius 2 is 2.37 bits per heavy atom. The molecule has 0 saturated heterocycles. The summed E-state index contributed by atoms with van der Waals surface area (Å²) in [5.41, 5.74) is 9.24. The van der Waals surface area contributed by atoms with E-state index in [9.17, 15) is 4.79 Å². The Morgan fingerprint density at radius 1 is 1.53 bits per heavy atom. The van der Waals surface area contributed by atoms with Crippen LogP contribution in [-0.2, 0) is 0 Å². The highest BCUT2D eigenvalue weighted by Crippen LogP contribution is 2.42. The zero-order valence-corrected chi connectivity index (χ0v) is 11.0. The molecule has 1 fully saturated rings. The number of nitrogens with two attached hydrogens (primary N) is 1. The van der Waals surface area contributed by atoms with Crippen molar-refractivity contribution in [2.75, 3.05) is 12.3 Å². The van der Waals surface area contributed by atoms with Crippen LogP contribution in [0.2, 0.25) is 0 Å². The van der Waals surface area contributed by atoms with E-state index in [0.29, 0.717) is 23.8 Å². The molecule has 0 aliphatic heterocycles. The lowest BCUT2D eigenvalue weighted by Gasteiger charge is -2.04. The Morgan fingerprint density at radius 3 is 3.05 bits per heavy atom. The quantitative estimate of drug-likeness (QED) is 0.709. The second-order valence-electron chi connectivity index (χ2n) is 5.43. The summed E-state index contributed by atoms with van der Waals surface area (Å²) in [7, 11) is 0. The summed E-state index contributed by atoms with van der Waals surface area (Å²) in [6.07, 6.45) is 9.10. The molecule has 5 nitrogen and oxygen atoms in total. The molecule has 1 aromatic heterocycles. The van der Waals surface area contributed by atoms with Gasteiger partial charge in [-0.1, -0.05) is 11.6 Å². The number of nitrogens with zero attached hydrogens (tertiary/aromatic N) is 1. The number of hydrogen-bond acceptors (Lipinski definition) is 3. The number of hydrogen-bond donors (Lipinski definition) is 3. The molecule has 2 aliphatic rings. The molecular weight excluding hydrogens is 240 g/mol. The minimum atomic E-state index is -0.167. The fourth-order valence-electron chi connectivity index (χ4n) is 2.61. The van der Waals surface area contributed by atoms with Crippen LogP contribution in [0.25, 0.3) is 0 Å². The average molecular weight is 260 g/mol. The highest BCUT2D eigenvalue weighted by Gasteiger charge is 2.30. The van der Waals surface area contributed by atoms with Gasteiger partial charge in [-0.15, -0.1) is 0 Å². The SMILES string of the molecule is Nc1c(C(=O)NCCC2=CCCC2)n[nH]c1C1CC1. The summed E-state index contributed by atoms with van der Waals surface area (Å²) in [4.78, 5) is 12.0. The first-order chi connectivity index (χ1) is 9.25. The second kappa shape index (κ2) is 5.07. The summed E-state index contributed by atoms with van der Waals surface area (Å²) in [6, 6.07) is 0. The van der Waals surface area contributed by atoms with E-state index < -0.39 is 0 Å². The van der Waals surface area contributed by atoms with Crippen LogP contribution in [0.15, 0.2) is 11.6 Å². The topological polar surface area (TPSA) is 83.8 Å². The van der Waals surface area contributed by atoms with Crippen molar-refractivity contribution < 1.29 is 4.79 Å². The molecule has 19 heavy (non-hydrogen) atoms. The van der Waals surface area contributed by atoms with Crippen LogP contribution in [0.3, 0.4) is 0 Å². The normalized spacial score (nSPS) is 18.4. The van der Waals surface area contributed by atoms with E-state index in [-0.39, 0.29) is 5.91 Å². The predicted molar refractivity (Wildman–Crippen MR) is 73.9 cm³/mol. The van der Waals surface area contributed by atoms with Gasteiger partial charge in [-0.05, 0) is 38.5 Å². The Kier molecular flexibility index (Phi) is 3.27. The third-order valence-corrected chi connectivity index (χ3v) is 3.90. The molecule has 0 unspecified atom stereocenters. The van der Waals surface area contributed by atoms with Crippen molar-refractivity contribution in [2.24, 2.45) is 0 Å². The number of aromatic nitrogens is 2. The van der Waals surface area contributed by atoms with Gasteiger partial charge in [0.15, 0.2) is 5.69 Å². The number of anilines is 1. The number of nitrogen functional groups attached to an aromatic ring is 1. The first-order valence-electron chi connectivity index (χ1n) is 7.05. The molecule has 1 saturated carbocycles. The number of H-pyrrole nitrogens is 1. The maximum absolute atomic E-state index is 12.0. The van der Waals surface area contributed by atoms with E-state index in [4.69, 9.17) is 5.73 Å². The molecule has 1 aromatic rings. The summed E-state index contributed by atoms with van der Waals surface area (Å²) in [5.74, 6) is 0.317. The number of rotatable bonds is 5. The largest absolute Gasteiger partial charge is 0.395 e. The average Bonchev–Trinajstić information content (AvgIpc) is 2.96. The van der Waals surface area contributed by atoms with Crippen molar-refractivity contribution >= 4 is 11.6 Å². The van der Waals surface area contributed by atoms with Crippen LogP contribution in [0.1, 0.15) is 60.6 Å². The van der Waals surface area contributed by atoms with Gasteiger partial charge in [-0.25, -0.2) is 0 Å². The van der Waals surface area contributed by atoms with Crippen LogP contribution in [0.5, 0.6) is 0 Å². The van der Waals surface area contributed by atoms with Crippen LogP contribution in [0.4, 0.5) is 5.69 Å². The molecule has 0 aromatic carbocycles. The van der Waals surface area contributed by atoms with Crippen LogP contribution >= 0.6 is 0 Å². The van der Waals surface area contributed by atoms with Gasteiger partial charge < -0.3 is 11.1 Å². The Labute approximate surface area is 112 Å². The molecule has 5 heteroatoms. The molecule has 0 radical (unpaired) electrons. The first kappa shape index (κ1) is 12.3. The zero-order chi connectivity index (χ0) is 13.2. The molecule has 1 heterocycles. The van der Waals surface area contributed by atoms with E-state index in [1.807, 2.05) is 0 Å². The number of carbonyl (C=O) groups excluding carboxylic acids is 1. The van der Waals surface area contributed by atoms with Crippen molar-refractivity contribution in [3.05, 3.63) is 23.0 Å². The number of allylic oxidation sites excluding steroid dienone is 1. The molecule has 1 amide bonds. The fourth-order valence-corrected chi connectivity index (χ4v) is 2.61. The van der Waals surface area contributed by atoms with E-state index in [1.54, 1.807) is 0 Å². The lowest BCUT2D eigenvalue weighted by molar-refractivity contribution is 0.0950. The minimum absolute atomic E-state index is 0.167. The number of carbonyl (C=O) groups is 1. The van der Waals surface area contributed by atoms with Crippen molar-refractivity contribution in [3.8, 4) is 0 Å². The van der Waals surface area contributed by atoms with E-state index in [0.717, 1.165) is 25.0 Å². The molecule has 0 spiro atoms. The molecule has 102 valence electrons. The summed E-state index contributed by atoms with van der Waals surface area (Å²) in [5, 5.41) is 9.85. The lowest BCUT2D eigenvalue weighted by atomic mass is 10.1. The maximum atomic E-state index is 12.0. The Bertz CT molecular complexity index is 514. The Hall–Kier alpha value is -1.78. The molecule has 3 rings (SSSR count). The van der Waals surface area contributed by atoms with Crippen LogP contribution in [-0.4, -0.2) is 22.6 Å². The molecule has 0 atom stereocenters. The minimum Gasteiger partial charge on any atom is -0.395 e. The van der Waals surface area contributed by atoms with Gasteiger partial charge in [0.1, 0.15) is 0 Å². The van der Waals surface area contributed by atoms with Gasteiger partial charge in [-0.2, -0.15) is 5.10 Å². The molecule has 2 aliphatic carbocycles. The summed E-state index contributed by atoms with van der Waals surface area (Å²) < 4.78 is 0. The highest BCUT2D eigenvalue weighted by atomic mass is 16.1. The molecule has 0 bridgehead atoms. The van der Waals surface area contributed by atoms with Gasteiger partial charge in [0, 0.05) is 12.5 Å². The third kappa shape index (κ3) is 2.64. The van der Waals surface area contributed by atoms with Gasteiger partial charge in [0.25, 0.3) is 5.91 Å². The van der Waals surface area contributed by atoms with Gasteiger partial charge in [-0.3, -0.25) is 9.89 Å². The van der Waals surface area contributed by atoms with Crippen LogP contribution < -0.4 is 11.1 Å². The standard InChI is InChI=1S/C14H20N4O/c15-11-12(10-5-6-10)17-18-13(11)14(19)16-8-7-9-3-1-2-4-9/h3,10H,1-2,4-8,15H2,(H,16,19)(H,17,18). The van der Waals surface area contributed by atoms with Crippen molar-refractivity contribution in [1.82, 2.24) is 15.5 Å². The number of aromatic amines is 1. The lowest BCUT2D eigenvalue weighted by Crippen LogP contribution is -2.25. The van der Waals surface area contributed by atoms with E-state index >= 15 is 0 Å².